The summed E-state index contributed by atoms with van der Waals surface area (Å²) in [4.78, 5) is 30.5. The van der Waals surface area contributed by atoms with E-state index in [0.717, 1.165) is 16.5 Å². The summed E-state index contributed by atoms with van der Waals surface area (Å²) in [7, 11) is 1.95. The molecule has 33 heavy (non-hydrogen) atoms. The van der Waals surface area contributed by atoms with Gasteiger partial charge in [-0.15, -0.1) is 0 Å². The molecule has 0 fully saturated rings. The number of carbonyl (C=O) groups excluding carboxylic acids is 2. The summed E-state index contributed by atoms with van der Waals surface area (Å²) in [6, 6.07) is 21.0. The molecule has 2 heterocycles. The van der Waals surface area contributed by atoms with Crippen molar-refractivity contribution >= 4 is 22.6 Å². The highest BCUT2D eigenvalue weighted by Gasteiger charge is 2.26. The summed E-state index contributed by atoms with van der Waals surface area (Å²) >= 11 is 0. The van der Waals surface area contributed by atoms with Gasteiger partial charge in [0.1, 0.15) is 12.3 Å². The van der Waals surface area contributed by atoms with Crippen molar-refractivity contribution in [2.75, 3.05) is 6.54 Å². The second kappa shape index (κ2) is 9.77. The summed E-state index contributed by atoms with van der Waals surface area (Å²) < 4.78 is 7.49. The average Bonchev–Trinajstić information content (AvgIpc) is 3.47. The molecule has 0 aliphatic rings. The molecule has 0 N–H and O–H groups in total. The fraction of sp³-hybridized carbons (Fsp3) is 0.259. The maximum atomic E-state index is 13.6. The van der Waals surface area contributed by atoms with Crippen LogP contribution in [0.2, 0.25) is 0 Å². The van der Waals surface area contributed by atoms with Crippen LogP contribution in [-0.2, 0) is 24.9 Å². The SMILES string of the molecule is CC(C)N(CC(=O)N(Cc1ccco1)Cc1cccn1C)C(=O)c1cccc2ccccc12. The van der Waals surface area contributed by atoms with E-state index in [0.29, 0.717) is 24.4 Å². The Morgan fingerprint density at radius 2 is 1.73 bits per heavy atom. The minimum atomic E-state index is -0.146. The standard InChI is InChI=1S/C27H29N3O3/c1-20(2)30(27(32)25-14-6-10-21-9-4-5-13-24(21)25)19-26(31)29(18-23-12-8-16-33-23)17-22-11-7-15-28(22)3/h4-16,20H,17-19H2,1-3H3. The van der Waals surface area contributed by atoms with Gasteiger partial charge in [-0.3, -0.25) is 9.59 Å². The number of aromatic nitrogens is 1. The predicted molar refractivity (Wildman–Crippen MR) is 128 cm³/mol. The molecule has 6 heteroatoms. The third-order valence-corrected chi connectivity index (χ3v) is 5.89. The minimum Gasteiger partial charge on any atom is -0.467 e. The monoisotopic (exact) mass is 443 g/mol. The molecule has 0 saturated carbocycles. The molecule has 4 rings (SSSR count). The van der Waals surface area contributed by atoms with Gasteiger partial charge in [0.2, 0.25) is 5.91 Å². The van der Waals surface area contributed by atoms with E-state index >= 15 is 0 Å². The van der Waals surface area contributed by atoms with Crippen molar-refractivity contribution < 1.29 is 14.0 Å². The molecule has 2 amide bonds. The van der Waals surface area contributed by atoms with E-state index in [2.05, 4.69) is 0 Å². The quantitative estimate of drug-likeness (QED) is 0.391. The van der Waals surface area contributed by atoms with Crippen LogP contribution in [0, 0.1) is 0 Å². The van der Waals surface area contributed by atoms with Crippen LogP contribution in [0.1, 0.15) is 35.7 Å². The van der Waals surface area contributed by atoms with Crippen molar-refractivity contribution in [1.82, 2.24) is 14.4 Å². The van der Waals surface area contributed by atoms with E-state index in [4.69, 9.17) is 4.42 Å². The molecule has 4 aromatic rings. The molecule has 0 unspecified atom stereocenters. The van der Waals surface area contributed by atoms with Gasteiger partial charge < -0.3 is 18.8 Å². The molecule has 0 aliphatic heterocycles. The highest BCUT2D eigenvalue weighted by Crippen LogP contribution is 2.21. The van der Waals surface area contributed by atoms with Gasteiger partial charge in [0.05, 0.1) is 19.4 Å². The molecule has 0 aliphatic carbocycles. The molecule has 2 aromatic carbocycles. The Kier molecular flexibility index (Phi) is 6.63. The van der Waals surface area contributed by atoms with Crippen molar-refractivity contribution in [3.05, 3.63) is 96.2 Å². The molecule has 0 saturated heterocycles. The third-order valence-electron chi connectivity index (χ3n) is 5.89. The van der Waals surface area contributed by atoms with Gasteiger partial charge in [0, 0.05) is 30.5 Å². The number of carbonyl (C=O) groups is 2. The van der Waals surface area contributed by atoms with Crippen LogP contribution >= 0.6 is 0 Å². The highest BCUT2D eigenvalue weighted by atomic mass is 16.3. The summed E-state index contributed by atoms with van der Waals surface area (Å²) in [5, 5.41) is 1.89. The topological polar surface area (TPSA) is 58.7 Å². The van der Waals surface area contributed by atoms with Gasteiger partial charge >= 0.3 is 0 Å². The number of amides is 2. The predicted octanol–water partition coefficient (Wildman–Crippen LogP) is 4.85. The first-order valence-electron chi connectivity index (χ1n) is 11.1. The molecule has 6 nitrogen and oxygen atoms in total. The Morgan fingerprint density at radius 3 is 2.42 bits per heavy atom. The van der Waals surface area contributed by atoms with E-state index in [1.165, 1.54) is 0 Å². The van der Waals surface area contributed by atoms with Crippen LogP contribution in [0.25, 0.3) is 10.8 Å². The molecule has 2 aromatic heterocycles. The number of rotatable bonds is 8. The lowest BCUT2D eigenvalue weighted by Gasteiger charge is -2.30. The van der Waals surface area contributed by atoms with Crippen LogP contribution < -0.4 is 0 Å². The first-order chi connectivity index (χ1) is 15.9. The third kappa shape index (κ3) is 5.00. The summed E-state index contributed by atoms with van der Waals surface area (Å²) in [6.07, 6.45) is 3.56. The fourth-order valence-electron chi connectivity index (χ4n) is 3.98. The molecule has 0 atom stereocenters. The summed E-state index contributed by atoms with van der Waals surface area (Å²) in [6.45, 7) is 4.63. The molecular weight excluding hydrogens is 414 g/mol. The molecule has 170 valence electrons. The zero-order valence-corrected chi connectivity index (χ0v) is 19.3. The van der Waals surface area contributed by atoms with Crippen LogP contribution in [0.15, 0.2) is 83.6 Å². The smallest absolute Gasteiger partial charge is 0.255 e. The fourth-order valence-corrected chi connectivity index (χ4v) is 3.98. The van der Waals surface area contributed by atoms with E-state index in [-0.39, 0.29) is 24.4 Å². The number of furan rings is 1. The van der Waals surface area contributed by atoms with Gasteiger partial charge in [0.15, 0.2) is 0 Å². The Hall–Kier alpha value is -3.80. The van der Waals surface area contributed by atoms with Gasteiger partial charge in [0.25, 0.3) is 5.91 Å². The molecule has 0 radical (unpaired) electrons. The van der Waals surface area contributed by atoms with Crippen LogP contribution in [-0.4, -0.2) is 38.8 Å². The Morgan fingerprint density at radius 1 is 0.939 bits per heavy atom. The van der Waals surface area contributed by atoms with Crippen molar-refractivity contribution in [3.63, 3.8) is 0 Å². The van der Waals surface area contributed by atoms with Crippen molar-refractivity contribution in [2.45, 2.75) is 33.0 Å². The van der Waals surface area contributed by atoms with E-state index in [1.807, 2.05) is 98.4 Å². The van der Waals surface area contributed by atoms with E-state index < -0.39 is 0 Å². The second-order valence-electron chi connectivity index (χ2n) is 8.49. The van der Waals surface area contributed by atoms with Gasteiger partial charge in [-0.2, -0.15) is 0 Å². The Bertz CT molecular complexity index is 1240. The highest BCUT2D eigenvalue weighted by molar-refractivity contribution is 6.07. The minimum absolute atomic E-state index is 0.00907. The second-order valence-corrected chi connectivity index (χ2v) is 8.49. The van der Waals surface area contributed by atoms with Gasteiger partial charge in [-0.25, -0.2) is 0 Å². The maximum absolute atomic E-state index is 13.6. The zero-order valence-electron chi connectivity index (χ0n) is 19.3. The largest absolute Gasteiger partial charge is 0.467 e. The lowest BCUT2D eigenvalue weighted by molar-refractivity contribution is -0.133. The normalized spacial score (nSPS) is 11.2. The molecule has 0 bridgehead atoms. The number of benzene rings is 2. The number of nitrogens with zero attached hydrogens (tertiary/aromatic N) is 3. The van der Waals surface area contributed by atoms with Gasteiger partial charge in [-0.1, -0.05) is 36.4 Å². The lowest BCUT2D eigenvalue weighted by atomic mass is 10.0. The Labute approximate surface area is 194 Å². The molecular formula is C27H29N3O3. The van der Waals surface area contributed by atoms with E-state index in [1.54, 1.807) is 16.1 Å². The van der Waals surface area contributed by atoms with Crippen LogP contribution in [0.5, 0.6) is 0 Å². The summed E-state index contributed by atoms with van der Waals surface area (Å²) in [5.74, 6) is 0.427. The number of hydrogen-bond acceptors (Lipinski definition) is 3. The van der Waals surface area contributed by atoms with Gasteiger partial charge in [-0.05, 0) is 55.0 Å². The van der Waals surface area contributed by atoms with Crippen molar-refractivity contribution in [1.29, 1.82) is 0 Å². The number of hydrogen-bond donors (Lipinski definition) is 0. The maximum Gasteiger partial charge on any atom is 0.255 e. The lowest BCUT2D eigenvalue weighted by Crippen LogP contribution is -2.45. The van der Waals surface area contributed by atoms with Crippen LogP contribution in [0.4, 0.5) is 0 Å². The number of fused-ring (bicyclic) bond motifs is 1. The average molecular weight is 444 g/mol. The zero-order chi connectivity index (χ0) is 23.4. The first-order valence-corrected chi connectivity index (χ1v) is 11.1. The van der Waals surface area contributed by atoms with Crippen LogP contribution in [0.3, 0.4) is 0 Å². The number of aryl methyl sites for hydroxylation is 1. The Balaban J connectivity index is 1.59. The first kappa shape index (κ1) is 22.4. The van der Waals surface area contributed by atoms with E-state index in [9.17, 15) is 9.59 Å². The van der Waals surface area contributed by atoms with Crippen molar-refractivity contribution in [2.24, 2.45) is 7.05 Å². The molecule has 0 spiro atoms. The van der Waals surface area contributed by atoms with Crippen molar-refractivity contribution in [3.8, 4) is 0 Å². The summed E-state index contributed by atoms with van der Waals surface area (Å²) in [5.41, 5.74) is 1.61.